The van der Waals surface area contributed by atoms with Crippen LogP contribution in [0.3, 0.4) is 0 Å². The van der Waals surface area contributed by atoms with E-state index in [2.05, 4.69) is 28.7 Å². The molecular formula is C20H28N4O2. The number of carbonyl (C=O) groups is 2. The van der Waals surface area contributed by atoms with Crippen molar-refractivity contribution in [2.24, 2.45) is 0 Å². The van der Waals surface area contributed by atoms with E-state index < -0.39 is 0 Å². The lowest BCUT2D eigenvalue weighted by Crippen LogP contribution is -2.33. The maximum absolute atomic E-state index is 12.3. The van der Waals surface area contributed by atoms with Gasteiger partial charge in [0.2, 0.25) is 11.8 Å². The molecule has 0 bridgehead atoms. The number of imidazole rings is 1. The second-order valence-electron chi connectivity index (χ2n) is 6.82. The van der Waals surface area contributed by atoms with Crippen LogP contribution in [0.5, 0.6) is 0 Å². The minimum atomic E-state index is -0.0629. The van der Waals surface area contributed by atoms with Gasteiger partial charge < -0.3 is 14.8 Å². The van der Waals surface area contributed by atoms with Gasteiger partial charge in [-0.25, -0.2) is 4.98 Å². The summed E-state index contributed by atoms with van der Waals surface area (Å²) >= 11 is 0. The highest BCUT2D eigenvalue weighted by Gasteiger charge is 2.17. The van der Waals surface area contributed by atoms with E-state index in [-0.39, 0.29) is 11.8 Å². The molecule has 2 aromatic rings. The number of hydrogen-bond donors (Lipinski definition) is 1. The molecule has 1 N–H and O–H groups in total. The molecule has 140 valence electrons. The molecule has 0 aliphatic carbocycles. The van der Waals surface area contributed by atoms with Gasteiger partial charge in [0.15, 0.2) is 0 Å². The fraction of sp³-hybridized carbons (Fsp3) is 0.550. The van der Waals surface area contributed by atoms with Crippen LogP contribution >= 0.6 is 0 Å². The average Bonchev–Trinajstić information content (AvgIpc) is 2.87. The molecule has 1 saturated heterocycles. The van der Waals surface area contributed by atoms with Crippen molar-refractivity contribution in [2.45, 2.75) is 58.9 Å². The SMILES string of the molecule is CCc1nc2cc(NC(=O)CCN3CCCCCC3=O)ccc2n1CC. The normalized spacial score (nSPS) is 15.3. The molecule has 3 rings (SSSR count). The molecule has 1 aromatic carbocycles. The third-order valence-electron chi connectivity index (χ3n) is 5.02. The van der Waals surface area contributed by atoms with Gasteiger partial charge in [0.05, 0.1) is 11.0 Å². The zero-order chi connectivity index (χ0) is 18.5. The van der Waals surface area contributed by atoms with Crippen molar-refractivity contribution in [3.63, 3.8) is 0 Å². The third-order valence-corrected chi connectivity index (χ3v) is 5.02. The minimum absolute atomic E-state index is 0.0629. The van der Waals surface area contributed by atoms with Crippen LogP contribution < -0.4 is 5.32 Å². The molecular weight excluding hydrogens is 328 g/mol. The monoisotopic (exact) mass is 356 g/mol. The predicted molar refractivity (Wildman–Crippen MR) is 103 cm³/mol. The summed E-state index contributed by atoms with van der Waals surface area (Å²) in [6, 6.07) is 5.86. The van der Waals surface area contributed by atoms with Crippen molar-refractivity contribution in [3.8, 4) is 0 Å². The second kappa shape index (κ2) is 8.34. The van der Waals surface area contributed by atoms with E-state index in [4.69, 9.17) is 0 Å². The van der Waals surface area contributed by atoms with Gasteiger partial charge in [0.1, 0.15) is 5.82 Å². The van der Waals surface area contributed by atoms with Gasteiger partial charge in [-0.15, -0.1) is 0 Å². The maximum Gasteiger partial charge on any atom is 0.226 e. The van der Waals surface area contributed by atoms with E-state index in [1.807, 2.05) is 23.1 Å². The van der Waals surface area contributed by atoms with Crippen molar-refractivity contribution in [1.82, 2.24) is 14.5 Å². The molecule has 1 aromatic heterocycles. The van der Waals surface area contributed by atoms with Crippen LogP contribution in [0, 0.1) is 0 Å². The zero-order valence-electron chi connectivity index (χ0n) is 15.8. The highest BCUT2D eigenvalue weighted by Crippen LogP contribution is 2.21. The van der Waals surface area contributed by atoms with Crippen molar-refractivity contribution >= 4 is 28.5 Å². The second-order valence-corrected chi connectivity index (χ2v) is 6.82. The fourth-order valence-electron chi connectivity index (χ4n) is 3.62. The van der Waals surface area contributed by atoms with Gasteiger partial charge in [-0.2, -0.15) is 0 Å². The van der Waals surface area contributed by atoms with Crippen LogP contribution in [0.2, 0.25) is 0 Å². The van der Waals surface area contributed by atoms with Crippen LogP contribution in [0.1, 0.15) is 51.8 Å². The number of nitrogens with one attached hydrogen (secondary N) is 1. The number of aryl methyl sites for hydroxylation is 2. The molecule has 1 fully saturated rings. The Morgan fingerprint density at radius 3 is 2.85 bits per heavy atom. The number of likely N-dealkylation sites (tertiary alicyclic amines) is 1. The molecule has 0 spiro atoms. The largest absolute Gasteiger partial charge is 0.342 e. The van der Waals surface area contributed by atoms with Gasteiger partial charge >= 0.3 is 0 Å². The average molecular weight is 356 g/mol. The molecule has 26 heavy (non-hydrogen) atoms. The van der Waals surface area contributed by atoms with Gasteiger partial charge in [0, 0.05) is 44.6 Å². The first-order valence-corrected chi connectivity index (χ1v) is 9.69. The highest BCUT2D eigenvalue weighted by molar-refractivity contribution is 5.93. The summed E-state index contributed by atoms with van der Waals surface area (Å²) in [5.41, 5.74) is 2.76. The zero-order valence-corrected chi connectivity index (χ0v) is 15.8. The summed E-state index contributed by atoms with van der Waals surface area (Å²) < 4.78 is 2.20. The summed E-state index contributed by atoms with van der Waals surface area (Å²) in [4.78, 5) is 30.8. The number of nitrogens with zero attached hydrogens (tertiary/aromatic N) is 3. The Balaban J connectivity index is 1.62. The van der Waals surface area contributed by atoms with E-state index in [0.717, 1.165) is 61.3 Å². The van der Waals surface area contributed by atoms with E-state index in [1.54, 1.807) is 0 Å². The molecule has 0 atom stereocenters. The van der Waals surface area contributed by atoms with Gasteiger partial charge in [-0.3, -0.25) is 9.59 Å². The first kappa shape index (κ1) is 18.4. The Hall–Kier alpha value is -2.37. The Morgan fingerprint density at radius 1 is 1.23 bits per heavy atom. The Bertz CT molecular complexity index is 796. The summed E-state index contributed by atoms with van der Waals surface area (Å²) in [5.74, 6) is 1.17. The topological polar surface area (TPSA) is 67.2 Å². The first-order valence-electron chi connectivity index (χ1n) is 9.69. The smallest absolute Gasteiger partial charge is 0.226 e. The van der Waals surface area contributed by atoms with Crippen molar-refractivity contribution < 1.29 is 9.59 Å². The van der Waals surface area contributed by atoms with Gasteiger partial charge in [0.25, 0.3) is 0 Å². The number of amides is 2. The van der Waals surface area contributed by atoms with Crippen LogP contribution in [0.4, 0.5) is 5.69 Å². The fourth-order valence-corrected chi connectivity index (χ4v) is 3.62. The number of fused-ring (bicyclic) bond motifs is 1. The highest BCUT2D eigenvalue weighted by atomic mass is 16.2. The van der Waals surface area contributed by atoms with Crippen LogP contribution in [0.15, 0.2) is 18.2 Å². The number of hydrogen-bond acceptors (Lipinski definition) is 3. The molecule has 0 radical (unpaired) electrons. The first-order chi connectivity index (χ1) is 12.6. The standard InChI is InChI=1S/C20H28N4O2/c1-3-18-22-16-14-15(9-10-17(16)24(18)4-2)21-19(25)11-13-23-12-7-5-6-8-20(23)26/h9-10,14H,3-8,11-13H2,1-2H3,(H,21,25). The Kier molecular flexibility index (Phi) is 5.91. The molecule has 6 heteroatoms. The molecule has 6 nitrogen and oxygen atoms in total. The lowest BCUT2D eigenvalue weighted by atomic mass is 10.2. The molecule has 2 heterocycles. The van der Waals surface area contributed by atoms with Crippen LogP contribution in [0.25, 0.3) is 11.0 Å². The minimum Gasteiger partial charge on any atom is -0.342 e. The van der Waals surface area contributed by atoms with E-state index in [0.29, 0.717) is 19.4 Å². The van der Waals surface area contributed by atoms with E-state index >= 15 is 0 Å². The molecule has 0 unspecified atom stereocenters. The summed E-state index contributed by atoms with van der Waals surface area (Å²) in [6.07, 6.45) is 4.91. The van der Waals surface area contributed by atoms with E-state index in [1.165, 1.54) is 0 Å². The molecule has 2 amide bonds. The summed E-state index contributed by atoms with van der Waals surface area (Å²) in [7, 11) is 0. The number of benzene rings is 1. The number of anilines is 1. The Labute approximate surface area is 154 Å². The molecule has 0 saturated carbocycles. The Morgan fingerprint density at radius 2 is 2.08 bits per heavy atom. The lowest BCUT2D eigenvalue weighted by molar-refractivity contribution is -0.131. The van der Waals surface area contributed by atoms with Gasteiger partial charge in [-0.1, -0.05) is 13.3 Å². The van der Waals surface area contributed by atoms with Crippen LogP contribution in [-0.2, 0) is 22.6 Å². The quantitative estimate of drug-likeness (QED) is 0.863. The number of rotatable bonds is 6. The van der Waals surface area contributed by atoms with Crippen molar-refractivity contribution in [1.29, 1.82) is 0 Å². The number of aromatic nitrogens is 2. The molecule has 1 aliphatic rings. The van der Waals surface area contributed by atoms with Crippen LogP contribution in [-0.4, -0.2) is 39.4 Å². The van der Waals surface area contributed by atoms with E-state index in [9.17, 15) is 9.59 Å². The lowest BCUT2D eigenvalue weighted by Gasteiger charge is -2.20. The van der Waals surface area contributed by atoms with Crippen molar-refractivity contribution in [3.05, 3.63) is 24.0 Å². The molecule has 1 aliphatic heterocycles. The summed E-state index contributed by atoms with van der Waals surface area (Å²) in [6.45, 7) is 6.36. The summed E-state index contributed by atoms with van der Waals surface area (Å²) in [5, 5.41) is 2.94. The third kappa shape index (κ3) is 4.06. The van der Waals surface area contributed by atoms with Gasteiger partial charge in [-0.05, 0) is 38.0 Å². The van der Waals surface area contributed by atoms with Crippen molar-refractivity contribution in [2.75, 3.05) is 18.4 Å². The maximum atomic E-state index is 12.3. The predicted octanol–water partition coefficient (Wildman–Crippen LogP) is 3.35. The number of carbonyl (C=O) groups excluding carboxylic acids is 2.